The average Bonchev–Trinajstić information content (AvgIpc) is 3.08. The molecule has 0 saturated heterocycles. The predicted molar refractivity (Wildman–Crippen MR) is 85.9 cm³/mol. The first-order valence-electron chi connectivity index (χ1n) is 9.16. The summed E-state index contributed by atoms with van der Waals surface area (Å²) in [5, 5.41) is 3.82. The van der Waals surface area contributed by atoms with Gasteiger partial charge in [-0.1, -0.05) is 25.7 Å². The second-order valence-corrected chi connectivity index (χ2v) is 7.97. The van der Waals surface area contributed by atoms with Crippen LogP contribution in [0.2, 0.25) is 0 Å². The topological polar surface area (TPSA) is 15.3 Å². The molecular formula is C18H34N2. The van der Waals surface area contributed by atoms with Crippen LogP contribution in [0.15, 0.2) is 0 Å². The number of hydrogen-bond acceptors (Lipinski definition) is 2. The first kappa shape index (κ1) is 14.8. The molecule has 3 fully saturated rings. The van der Waals surface area contributed by atoms with E-state index in [4.69, 9.17) is 0 Å². The maximum Gasteiger partial charge on any atom is 0.0189 e. The maximum absolute atomic E-state index is 3.82. The lowest BCUT2D eigenvalue weighted by molar-refractivity contribution is 0.174. The number of hydrogen-bond donors (Lipinski definition) is 1. The van der Waals surface area contributed by atoms with Gasteiger partial charge in [0, 0.05) is 25.2 Å². The Labute approximate surface area is 125 Å². The van der Waals surface area contributed by atoms with Crippen LogP contribution in [0, 0.1) is 17.8 Å². The molecule has 0 heterocycles. The van der Waals surface area contributed by atoms with Gasteiger partial charge in [-0.3, -0.25) is 0 Å². The van der Waals surface area contributed by atoms with Crippen LogP contribution in [0.5, 0.6) is 0 Å². The Kier molecular flexibility index (Phi) is 5.04. The minimum Gasteiger partial charge on any atom is -0.312 e. The first-order chi connectivity index (χ1) is 9.72. The average molecular weight is 278 g/mol. The molecule has 4 unspecified atom stereocenters. The van der Waals surface area contributed by atoms with Crippen LogP contribution in [0.1, 0.15) is 64.7 Å². The maximum atomic E-state index is 3.82. The summed E-state index contributed by atoms with van der Waals surface area (Å²) in [5.74, 6) is 3.17. The third-order valence-corrected chi connectivity index (χ3v) is 6.47. The summed E-state index contributed by atoms with van der Waals surface area (Å²) in [5.41, 5.74) is 0. The van der Waals surface area contributed by atoms with Crippen LogP contribution in [0.4, 0.5) is 0 Å². The van der Waals surface area contributed by atoms with Crippen LogP contribution in [-0.4, -0.2) is 37.1 Å². The number of rotatable bonds is 6. The van der Waals surface area contributed by atoms with E-state index in [1.165, 1.54) is 64.5 Å². The molecule has 0 amide bonds. The molecule has 3 aliphatic carbocycles. The van der Waals surface area contributed by atoms with Gasteiger partial charge < -0.3 is 10.2 Å². The summed E-state index contributed by atoms with van der Waals surface area (Å²) in [6.45, 7) is 4.93. The minimum atomic E-state index is 0.691. The minimum absolute atomic E-state index is 0.691. The van der Waals surface area contributed by atoms with E-state index in [2.05, 4.69) is 24.2 Å². The fourth-order valence-electron chi connectivity index (χ4n) is 4.95. The second-order valence-electron chi connectivity index (χ2n) is 7.97. The van der Waals surface area contributed by atoms with Crippen molar-refractivity contribution in [3.8, 4) is 0 Å². The van der Waals surface area contributed by atoms with Crippen LogP contribution in [0.3, 0.4) is 0 Å². The number of fused-ring (bicyclic) bond motifs is 2. The van der Waals surface area contributed by atoms with Gasteiger partial charge in [0.1, 0.15) is 0 Å². The molecule has 4 atom stereocenters. The Morgan fingerprint density at radius 1 is 1.05 bits per heavy atom. The fourth-order valence-corrected chi connectivity index (χ4v) is 4.95. The van der Waals surface area contributed by atoms with E-state index in [0.29, 0.717) is 6.04 Å². The summed E-state index contributed by atoms with van der Waals surface area (Å²) >= 11 is 0. The van der Waals surface area contributed by atoms with Crippen molar-refractivity contribution in [1.82, 2.24) is 10.2 Å². The largest absolute Gasteiger partial charge is 0.312 e. The molecule has 3 aliphatic rings. The molecule has 0 aliphatic heterocycles. The molecule has 0 aromatic heterocycles. The lowest BCUT2D eigenvalue weighted by Crippen LogP contribution is -2.44. The van der Waals surface area contributed by atoms with Gasteiger partial charge in [-0.2, -0.15) is 0 Å². The van der Waals surface area contributed by atoms with E-state index >= 15 is 0 Å². The Morgan fingerprint density at radius 3 is 2.50 bits per heavy atom. The lowest BCUT2D eigenvalue weighted by Gasteiger charge is -2.33. The van der Waals surface area contributed by atoms with Crippen molar-refractivity contribution in [3.05, 3.63) is 0 Å². The summed E-state index contributed by atoms with van der Waals surface area (Å²) in [6, 6.07) is 1.50. The lowest BCUT2D eigenvalue weighted by atomic mass is 9.88. The van der Waals surface area contributed by atoms with Crippen molar-refractivity contribution < 1.29 is 0 Å². The van der Waals surface area contributed by atoms with E-state index in [9.17, 15) is 0 Å². The summed E-state index contributed by atoms with van der Waals surface area (Å²) < 4.78 is 0. The highest BCUT2D eigenvalue weighted by molar-refractivity contribution is 4.91. The molecule has 0 spiro atoms. The van der Waals surface area contributed by atoms with Gasteiger partial charge in [0.05, 0.1) is 0 Å². The van der Waals surface area contributed by atoms with Gasteiger partial charge >= 0.3 is 0 Å². The highest BCUT2D eigenvalue weighted by Gasteiger charge is 2.39. The molecule has 2 nitrogen and oxygen atoms in total. The monoisotopic (exact) mass is 278 g/mol. The summed E-state index contributed by atoms with van der Waals surface area (Å²) in [7, 11) is 2.35. The predicted octanol–water partition coefficient (Wildman–Crippen LogP) is 3.67. The van der Waals surface area contributed by atoms with Gasteiger partial charge in [-0.15, -0.1) is 0 Å². The van der Waals surface area contributed by atoms with Crippen LogP contribution >= 0.6 is 0 Å². The molecule has 0 aromatic carbocycles. The van der Waals surface area contributed by atoms with E-state index in [0.717, 1.165) is 23.8 Å². The second kappa shape index (κ2) is 6.79. The Balaban J connectivity index is 1.37. The molecule has 20 heavy (non-hydrogen) atoms. The molecule has 0 aromatic rings. The first-order valence-corrected chi connectivity index (χ1v) is 9.16. The van der Waals surface area contributed by atoms with Crippen molar-refractivity contribution in [1.29, 1.82) is 0 Å². The van der Waals surface area contributed by atoms with Crippen LogP contribution < -0.4 is 5.32 Å². The molecule has 3 rings (SSSR count). The van der Waals surface area contributed by atoms with E-state index in [-0.39, 0.29) is 0 Å². The molecule has 2 heteroatoms. The van der Waals surface area contributed by atoms with E-state index in [1.807, 2.05) is 0 Å². The van der Waals surface area contributed by atoms with Crippen molar-refractivity contribution in [2.75, 3.05) is 20.1 Å². The van der Waals surface area contributed by atoms with Gasteiger partial charge in [0.2, 0.25) is 0 Å². The number of nitrogens with zero attached hydrogens (tertiary/aromatic N) is 1. The molecule has 2 bridgehead atoms. The fraction of sp³-hybridized carbons (Fsp3) is 1.00. The molecule has 0 radical (unpaired) electrons. The third kappa shape index (κ3) is 3.57. The van der Waals surface area contributed by atoms with Gasteiger partial charge in [-0.05, 0) is 63.8 Å². The van der Waals surface area contributed by atoms with E-state index < -0.39 is 0 Å². The smallest absolute Gasteiger partial charge is 0.0189 e. The normalized spacial score (nSPS) is 35.9. The Morgan fingerprint density at radius 2 is 1.85 bits per heavy atom. The molecule has 3 saturated carbocycles. The zero-order valence-corrected chi connectivity index (χ0v) is 13.6. The summed E-state index contributed by atoms with van der Waals surface area (Å²) in [6.07, 6.45) is 13.3. The molecule has 1 N–H and O–H groups in total. The van der Waals surface area contributed by atoms with Crippen LogP contribution in [-0.2, 0) is 0 Å². The highest BCUT2D eigenvalue weighted by Crippen LogP contribution is 2.48. The zero-order valence-electron chi connectivity index (χ0n) is 13.6. The number of likely N-dealkylation sites (N-methyl/N-ethyl adjacent to an activating group) is 1. The van der Waals surface area contributed by atoms with Gasteiger partial charge in [0.25, 0.3) is 0 Å². The van der Waals surface area contributed by atoms with Crippen molar-refractivity contribution in [2.24, 2.45) is 17.8 Å². The van der Waals surface area contributed by atoms with Crippen molar-refractivity contribution >= 4 is 0 Å². The zero-order chi connectivity index (χ0) is 13.9. The summed E-state index contributed by atoms with van der Waals surface area (Å²) in [4.78, 5) is 2.63. The standard InChI is InChI=1S/C18H34N2/c1-14(12-19-18-6-4-3-5-7-18)20(2)13-17-11-15-8-9-16(17)10-15/h14-19H,3-13H2,1-2H3. The Hall–Kier alpha value is -0.0800. The third-order valence-electron chi connectivity index (χ3n) is 6.47. The SMILES string of the molecule is CC(CNC1CCCCC1)N(C)CC1CC2CCC1C2. The van der Waals surface area contributed by atoms with Crippen molar-refractivity contribution in [2.45, 2.75) is 76.8 Å². The van der Waals surface area contributed by atoms with Crippen molar-refractivity contribution in [3.63, 3.8) is 0 Å². The molecular weight excluding hydrogens is 244 g/mol. The highest BCUT2D eigenvalue weighted by atomic mass is 15.1. The molecule has 116 valence electrons. The number of nitrogens with one attached hydrogen (secondary N) is 1. The van der Waals surface area contributed by atoms with Gasteiger partial charge in [0.15, 0.2) is 0 Å². The Bertz CT molecular complexity index is 298. The van der Waals surface area contributed by atoms with E-state index in [1.54, 1.807) is 6.42 Å². The van der Waals surface area contributed by atoms with Crippen LogP contribution in [0.25, 0.3) is 0 Å². The van der Waals surface area contributed by atoms with Gasteiger partial charge in [-0.25, -0.2) is 0 Å². The quantitative estimate of drug-likeness (QED) is 0.797.